The third kappa shape index (κ3) is 2.14. The molecule has 2 heterocycles. The van der Waals surface area contributed by atoms with Crippen LogP contribution in [0, 0.1) is 0 Å². The molecule has 1 atom stereocenters. The first-order valence-corrected chi connectivity index (χ1v) is 6.29. The van der Waals surface area contributed by atoms with E-state index in [9.17, 15) is 4.79 Å². The zero-order chi connectivity index (χ0) is 14.1. The second-order valence-electron chi connectivity index (χ2n) is 4.61. The summed E-state index contributed by atoms with van der Waals surface area (Å²) in [5, 5.41) is 13.7. The van der Waals surface area contributed by atoms with Gasteiger partial charge in [-0.1, -0.05) is 6.07 Å². The summed E-state index contributed by atoms with van der Waals surface area (Å²) in [5.74, 6) is -0.366. The van der Waals surface area contributed by atoms with E-state index < -0.39 is 12.0 Å². The number of hydrogen-bond donors (Lipinski definition) is 2. The maximum absolute atomic E-state index is 10.9. The highest BCUT2D eigenvalue weighted by Gasteiger charge is 2.11. The Bertz CT molecular complexity index is 801. The molecule has 0 saturated carbocycles. The van der Waals surface area contributed by atoms with Gasteiger partial charge in [0.05, 0.1) is 11.0 Å². The number of aliphatic carboxylic acids is 1. The third-order valence-electron chi connectivity index (χ3n) is 3.18. The largest absolute Gasteiger partial charge is 0.480 e. The number of hydrogen-bond acceptors (Lipinski definition) is 4. The summed E-state index contributed by atoms with van der Waals surface area (Å²) in [7, 11) is 0. The molecule has 0 aliphatic rings. The summed E-state index contributed by atoms with van der Waals surface area (Å²) in [6.07, 6.45) is 1.74. The molecule has 3 aromatic rings. The molecular formula is C15H13N3O2. The fourth-order valence-corrected chi connectivity index (χ4v) is 2.10. The standard InChI is InChI=1S/C15H13N3O2/c1-9(15(19)20)17-13-7-5-10-4-6-12-11(14(10)18-13)3-2-8-16-12/h2-9H,1H3,(H,17,18)(H,19,20)/t9-/m0/s1. The molecule has 0 radical (unpaired) electrons. The number of carbonyl (C=O) groups is 1. The minimum absolute atomic E-state index is 0.545. The Kier molecular flexibility index (Phi) is 2.95. The van der Waals surface area contributed by atoms with Gasteiger partial charge in [-0.3, -0.25) is 9.78 Å². The van der Waals surface area contributed by atoms with Gasteiger partial charge in [0.2, 0.25) is 0 Å². The van der Waals surface area contributed by atoms with Crippen molar-refractivity contribution in [3.05, 3.63) is 42.6 Å². The molecule has 5 heteroatoms. The Labute approximate surface area is 115 Å². The van der Waals surface area contributed by atoms with Crippen molar-refractivity contribution in [2.45, 2.75) is 13.0 Å². The lowest BCUT2D eigenvalue weighted by atomic mass is 10.1. The molecule has 2 N–H and O–H groups in total. The number of nitrogens with zero attached hydrogens (tertiary/aromatic N) is 2. The van der Waals surface area contributed by atoms with E-state index in [0.717, 1.165) is 21.8 Å². The van der Waals surface area contributed by atoms with E-state index in [2.05, 4.69) is 15.3 Å². The highest BCUT2D eigenvalue weighted by atomic mass is 16.4. The van der Waals surface area contributed by atoms with Crippen LogP contribution < -0.4 is 5.32 Å². The van der Waals surface area contributed by atoms with E-state index in [1.54, 1.807) is 19.2 Å². The first kappa shape index (κ1) is 12.3. The van der Waals surface area contributed by atoms with Crippen LogP contribution >= 0.6 is 0 Å². The Morgan fingerprint density at radius 2 is 2.05 bits per heavy atom. The fourth-order valence-electron chi connectivity index (χ4n) is 2.10. The van der Waals surface area contributed by atoms with Crippen molar-refractivity contribution in [1.82, 2.24) is 9.97 Å². The molecule has 0 unspecified atom stereocenters. The number of carboxylic acid groups (broad SMARTS) is 1. The van der Waals surface area contributed by atoms with Gasteiger partial charge in [-0.15, -0.1) is 0 Å². The van der Waals surface area contributed by atoms with E-state index in [1.807, 2.05) is 30.3 Å². The first-order valence-electron chi connectivity index (χ1n) is 6.29. The van der Waals surface area contributed by atoms with E-state index in [4.69, 9.17) is 5.11 Å². The highest BCUT2D eigenvalue weighted by Crippen LogP contribution is 2.23. The van der Waals surface area contributed by atoms with Crippen LogP contribution in [0.15, 0.2) is 42.6 Å². The maximum atomic E-state index is 10.9. The van der Waals surface area contributed by atoms with Crippen molar-refractivity contribution in [2.75, 3.05) is 5.32 Å². The molecular weight excluding hydrogens is 254 g/mol. The third-order valence-corrected chi connectivity index (χ3v) is 3.18. The van der Waals surface area contributed by atoms with Gasteiger partial charge in [0, 0.05) is 17.0 Å². The summed E-state index contributed by atoms with van der Waals surface area (Å²) in [5.41, 5.74) is 1.69. The average molecular weight is 267 g/mol. The van der Waals surface area contributed by atoms with Crippen molar-refractivity contribution < 1.29 is 9.90 Å². The zero-order valence-electron chi connectivity index (χ0n) is 10.9. The van der Waals surface area contributed by atoms with Gasteiger partial charge in [0.25, 0.3) is 0 Å². The van der Waals surface area contributed by atoms with Gasteiger partial charge in [-0.2, -0.15) is 0 Å². The quantitative estimate of drug-likeness (QED) is 0.713. The predicted molar refractivity (Wildman–Crippen MR) is 77.8 cm³/mol. The first-order chi connectivity index (χ1) is 9.65. The number of fused-ring (bicyclic) bond motifs is 3. The van der Waals surface area contributed by atoms with Crippen molar-refractivity contribution >= 4 is 33.6 Å². The summed E-state index contributed by atoms with van der Waals surface area (Å²) >= 11 is 0. The Morgan fingerprint density at radius 1 is 1.25 bits per heavy atom. The van der Waals surface area contributed by atoms with Crippen LogP contribution in [-0.2, 0) is 4.79 Å². The molecule has 0 bridgehead atoms. The predicted octanol–water partition coefficient (Wildman–Crippen LogP) is 2.67. The van der Waals surface area contributed by atoms with E-state index >= 15 is 0 Å². The number of carboxylic acids is 1. The van der Waals surface area contributed by atoms with Gasteiger partial charge in [-0.25, -0.2) is 4.98 Å². The highest BCUT2D eigenvalue weighted by molar-refractivity contribution is 6.04. The lowest BCUT2D eigenvalue weighted by Gasteiger charge is -2.11. The van der Waals surface area contributed by atoms with Crippen molar-refractivity contribution in [1.29, 1.82) is 0 Å². The smallest absolute Gasteiger partial charge is 0.325 e. The molecule has 0 spiro atoms. The molecule has 100 valence electrons. The normalized spacial score (nSPS) is 12.4. The van der Waals surface area contributed by atoms with Crippen LogP contribution in [0.25, 0.3) is 21.8 Å². The minimum Gasteiger partial charge on any atom is -0.480 e. The van der Waals surface area contributed by atoms with Crippen LogP contribution in [0.2, 0.25) is 0 Å². The van der Waals surface area contributed by atoms with Crippen LogP contribution in [0.3, 0.4) is 0 Å². The molecule has 0 fully saturated rings. The van der Waals surface area contributed by atoms with Gasteiger partial charge in [0.1, 0.15) is 11.9 Å². The molecule has 0 aliphatic carbocycles. The number of pyridine rings is 2. The number of aromatic nitrogens is 2. The molecule has 2 aromatic heterocycles. The van der Waals surface area contributed by atoms with Gasteiger partial charge in [0.15, 0.2) is 0 Å². The molecule has 0 amide bonds. The SMILES string of the molecule is C[C@H](Nc1ccc2ccc3ncccc3c2n1)C(=O)O. The lowest BCUT2D eigenvalue weighted by molar-refractivity contribution is -0.137. The summed E-state index contributed by atoms with van der Waals surface area (Å²) in [6, 6.07) is 10.8. The van der Waals surface area contributed by atoms with Crippen molar-refractivity contribution in [3.63, 3.8) is 0 Å². The molecule has 0 saturated heterocycles. The topological polar surface area (TPSA) is 75.1 Å². The number of benzene rings is 1. The zero-order valence-corrected chi connectivity index (χ0v) is 10.9. The van der Waals surface area contributed by atoms with Crippen LogP contribution in [0.1, 0.15) is 6.92 Å². The molecule has 1 aromatic carbocycles. The van der Waals surface area contributed by atoms with E-state index in [-0.39, 0.29) is 0 Å². The van der Waals surface area contributed by atoms with Gasteiger partial charge < -0.3 is 10.4 Å². The Hall–Kier alpha value is -2.69. The van der Waals surface area contributed by atoms with Crippen LogP contribution in [-0.4, -0.2) is 27.1 Å². The minimum atomic E-state index is -0.911. The second-order valence-corrected chi connectivity index (χ2v) is 4.61. The van der Waals surface area contributed by atoms with Crippen LogP contribution in [0.4, 0.5) is 5.82 Å². The maximum Gasteiger partial charge on any atom is 0.325 e. The average Bonchev–Trinajstić information content (AvgIpc) is 2.47. The molecule has 0 aliphatic heterocycles. The molecule has 20 heavy (non-hydrogen) atoms. The number of nitrogens with one attached hydrogen (secondary N) is 1. The second kappa shape index (κ2) is 4.77. The number of anilines is 1. The molecule has 3 rings (SSSR count). The van der Waals surface area contributed by atoms with Crippen LogP contribution in [0.5, 0.6) is 0 Å². The van der Waals surface area contributed by atoms with Crippen molar-refractivity contribution in [2.24, 2.45) is 0 Å². The summed E-state index contributed by atoms with van der Waals surface area (Å²) in [4.78, 5) is 19.7. The summed E-state index contributed by atoms with van der Waals surface area (Å²) in [6.45, 7) is 1.58. The monoisotopic (exact) mass is 267 g/mol. The molecule has 5 nitrogen and oxygen atoms in total. The van der Waals surface area contributed by atoms with Gasteiger partial charge >= 0.3 is 5.97 Å². The Balaban J connectivity index is 2.13. The lowest BCUT2D eigenvalue weighted by Crippen LogP contribution is -2.25. The fraction of sp³-hybridized carbons (Fsp3) is 0.133. The Morgan fingerprint density at radius 3 is 2.85 bits per heavy atom. The van der Waals surface area contributed by atoms with Gasteiger partial charge in [-0.05, 0) is 37.3 Å². The summed E-state index contributed by atoms with van der Waals surface area (Å²) < 4.78 is 0. The van der Waals surface area contributed by atoms with E-state index in [1.165, 1.54) is 0 Å². The van der Waals surface area contributed by atoms with Crippen molar-refractivity contribution in [3.8, 4) is 0 Å². The number of rotatable bonds is 3. The van der Waals surface area contributed by atoms with E-state index in [0.29, 0.717) is 5.82 Å².